The zero-order chi connectivity index (χ0) is 16.1. The highest BCUT2D eigenvalue weighted by molar-refractivity contribution is 5.29. The van der Waals surface area contributed by atoms with Crippen LogP contribution in [0, 0.1) is 6.92 Å². The predicted octanol–water partition coefficient (Wildman–Crippen LogP) is 3.47. The van der Waals surface area contributed by atoms with Gasteiger partial charge in [-0.05, 0) is 60.6 Å². The minimum atomic E-state index is -0.133. The maximum Gasteiger partial charge on any atom is 0.142 e. The molecular formula is C17H30N2O2. The first-order chi connectivity index (χ1) is 9.57. The predicted molar refractivity (Wildman–Crippen MR) is 86.8 cm³/mol. The van der Waals surface area contributed by atoms with Gasteiger partial charge in [0, 0.05) is 17.8 Å². The van der Waals surface area contributed by atoms with Crippen molar-refractivity contribution in [3.05, 3.63) is 23.5 Å². The number of nitrogens with zero attached hydrogens (tertiary/aromatic N) is 1. The molecule has 21 heavy (non-hydrogen) atoms. The fourth-order valence-electron chi connectivity index (χ4n) is 1.70. The summed E-state index contributed by atoms with van der Waals surface area (Å²) in [5.41, 5.74) is 1.86. The van der Waals surface area contributed by atoms with E-state index >= 15 is 0 Å². The molecular weight excluding hydrogens is 264 g/mol. The molecule has 0 saturated carbocycles. The van der Waals surface area contributed by atoms with Gasteiger partial charge in [-0.2, -0.15) is 0 Å². The summed E-state index contributed by atoms with van der Waals surface area (Å²) in [4.78, 5) is 4.58. The van der Waals surface area contributed by atoms with Crippen LogP contribution in [0.1, 0.15) is 52.9 Å². The number of hydrogen-bond donors (Lipinski definition) is 1. The van der Waals surface area contributed by atoms with Gasteiger partial charge in [0.2, 0.25) is 0 Å². The average molecular weight is 294 g/mol. The lowest BCUT2D eigenvalue weighted by Gasteiger charge is -2.22. The van der Waals surface area contributed by atoms with Crippen LogP contribution in [0.2, 0.25) is 0 Å². The molecule has 4 heteroatoms. The third kappa shape index (κ3) is 8.02. The summed E-state index contributed by atoms with van der Waals surface area (Å²) in [5.74, 6) is 0.829. The Labute approximate surface area is 129 Å². The van der Waals surface area contributed by atoms with E-state index in [-0.39, 0.29) is 11.1 Å². The van der Waals surface area contributed by atoms with Crippen LogP contribution >= 0.6 is 0 Å². The fourth-order valence-corrected chi connectivity index (χ4v) is 1.70. The Bertz CT molecular complexity index is 445. The Kier molecular flexibility index (Phi) is 6.17. The van der Waals surface area contributed by atoms with Crippen molar-refractivity contribution in [2.75, 3.05) is 13.2 Å². The summed E-state index contributed by atoms with van der Waals surface area (Å²) >= 11 is 0. The smallest absolute Gasteiger partial charge is 0.142 e. The van der Waals surface area contributed by atoms with E-state index in [2.05, 4.69) is 31.1 Å². The monoisotopic (exact) mass is 294 g/mol. The van der Waals surface area contributed by atoms with Gasteiger partial charge >= 0.3 is 0 Å². The van der Waals surface area contributed by atoms with Crippen LogP contribution in [0.15, 0.2) is 12.1 Å². The average Bonchev–Trinajstić information content (AvgIpc) is 2.31. The van der Waals surface area contributed by atoms with E-state index < -0.39 is 0 Å². The molecule has 0 aliphatic carbocycles. The number of hydrogen-bond acceptors (Lipinski definition) is 4. The van der Waals surface area contributed by atoms with E-state index in [4.69, 9.17) is 9.47 Å². The van der Waals surface area contributed by atoms with E-state index in [0.717, 1.165) is 17.1 Å². The van der Waals surface area contributed by atoms with Crippen molar-refractivity contribution in [3.8, 4) is 5.75 Å². The van der Waals surface area contributed by atoms with Crippen LogP contribution in [0.5, 0.6) is 5.75 Å². The Morgan fingerprint density at radius 1 is 1.05 bits per heavy atom. The summed E-state index contributed by atoms with van der Waals surface area (Å²) in [7, 11) is 0. The van der Waals surface area contributed by atoms with Gasteiger partial charge in [-0.1, -0.05) is 0 Å². The maximum absolute atomic E-state index is 5.83. The highest BCUT2D eigenvalue weighted by atomic mass is 16.5. The molecule has 0 bridgehead atoms. The Morgan fingerprint density at radius 3 is 2.29 bits per heavy atom. The molecule has 0 unspecified atom stereocenters. The van der Waals surface area contributed by atoms with Crippen molar-refractivity contribution < 1.29 is 9.47 Å². The van der Waals surface area contributed by atoms with Gasteiger partial charge in [-0.25, -0.2) is 0 Å². The maximum atomic E-state index is 5.83. The van der Waals surface area contributed by atoms with Crippen molar-refractivity contribution in [2.45, 2.75) is 66.2 Å². The summed E-state index contributed by atoms with van der Waals surface area (Å²) in [5, 5.41) is 3.45. The van der Waals surface area contributed by atoms with E-state index in [1.54, 1.807) is 0 Å². The molecule has 1 N–H and O–H groups in total. The topological polar surface area (TPSA) is 43.4 Å². The summed E-state index contributed by atoms with van der Waals surface area (Å²) in [6, 6.07) is 3.96. The van der Waals surface area contributed by atoms with Crippen LogP contribution < -0.4 is 10.1 Å². The summed E-state index contributed by atoms with van der Waals surface area (Å²) < 4.78 is 11.5. The van der Waals surface area contributed by atoms with E-state index in [9.17, 15) is 0 Å². The Morgan fingerprint density at radius 2 is 1.71 bits per heavy atom. The molecule has 1 heterocycles. The second kappa shape index (κ2) is 7.23. The van der Waals surface area contributed by atoms with E-state index in [1.807, 2.05) is 39.8 Å². The molecule has 0 amide bonds. The van der Waals surface area contributed by atoms with Crippen molar-refractivity contribution in [1.82, 2.24) is 10.3 Å². The highest BCUT2D eigenvalue weighted by Crippen LogP contribution is 2.18. The lowest BCUT2D eigenvalue weighted by Crippen LogP contribution is -2.35. The number of nitrogens with one attached hydrogen (secondary N) is 1. The first-order valence-electron chi connectivity index (χ1n) is 7.55. The molecule has 0 aliphatic heterocycles. The molecule has 0 atom stereocenters. The van der Waals surface area contributed by atoms with Crippen molar-refractivity contribution >= 4 is 0 Å². The van der Waals surface area contributed by atoms with Crippen LogP contribution in [-0.4, -0.2) is 29.3 Å². The lowest BCUT2D eigenvalue weighted by atomic mass is 10.1. The van der Waals surface area contributed by atoms with Gasteiger partial charge in [0.15, 0.2) is 0 Å². The molecule has 1 aromatic rings. The van der Waals surface area contributed by atoms with E-state index in [0.29, 0.717) is 19.8 Å². The number of pyridine rings is 1. The summed E-state index contributed by atoms with van der Waals surface area (Å²) in [6.07, 6.45) is 0. The minimum absolute atomic E-state index is 0.0536. The van der Waals surface area contributed by atoms with Crippen LogP contribution in [-0.2, 0) is 11.3 Å². The molecule has 120 valence electrons. The quantitative estimate of drug-likeness (QED) is 0.816. The van der Waals surface area contributed by atoms with Gasteiger partial charge < -0.3 is 14.8 Å². The zero-order valence-electron chi connectivity index (χ0n) is 14.5. The van der Waals surface area contributed by atoms with Crippen molar-refractivity contribution in [1.29, 1.82) is 0 Å². The SMILES string of the molecule is Cc1ccc(OCCOC(C)(C)C)c(CNC(C)(C)C)n1. The Hall–Kier alpha value is -1.13. The van der Waals surface area contributed by atoms with Gasteiger partial charge in [-0.3, -0.25) is 4.98 Å². The molecule has 1 aromatic heterocycles. The molecule has 0 radical (unpaired) electrons. The molecule has 0 aliphatic rings. The molecule has 1 rings (SSSR count). The van der Waals surface area contributed by atoms with Gasteiger partial charge in [0.25, 0.3) is 0 Å². The first-order valence-corrected chi connectivity index (χ1v) is 7.55. The third-order valence-corrected chi connectivity index (χ3v) is 2.73. The third-order valence-electron chi connectivity index (χ3n) is 2.73. The second-order valence-corrected chi connectivity index (χ2v) is 7.31. The second-order valence-electron chi connectivity index (χ2n) is 7.31. The molecule has 0 aromatic carbocycles. The molecule has 0 fully saturated rings. The number of aromatic nitrogens is 1. The lowest BCUT2D eigenvalue weighted by molar-refractivity contribution is -0.0164. The van der Waals surface area contributed by atoms with Crippen molar-refractivity contribution in [2.24, 2.45) is 0 Å². The normalized spacial score (nSPS) is 12.5. The molecule has 0 saturated heterocycles. The standard InChI is InChI=1S/C17H30N2O2/c1-13-8-9-15(20-10-11-21-17(5,6)7)14(19-13)12-18-16(2,3)4/h8-9,18H,10-12H2,1-7H3. The van der Waals surface area contributed by atoms with Gasteiger partial charge in [0.1, 0.15) is 12.4 Å². The molecule has 0 spiro atoms. The Balaban J connectivity index is 2.60. The van der Waals surface area contributed by atoms with Crippen LogP contribution in [0.25, 0.3) is 0 Å². The molecule has 4 nitrogen and oxygen atoms in total. The summed E-state index contributed by atoms with van der Waals surface area (Å²) in [6.45, 7) is 16.3. The number of aryl methyl sites for hydroxylation is 1. The largest absolute Gasteiger partial charge is 0.489 e. The fraction of sp³-hybridized carbons (Fsp3) is 0.706. The van der Waals surface area contributed by atoms with E-state index in [1.165, 1.54) is 0 Å². The van der Waals surface area contributed by atoms with Crippen LogP contribution in [0.3, 0.4) is 0 Å². The minimum Gasteiger partial charge on any atom is -0.489 e. The van der Waals surface area contributed by atoms with Gasteiger partial charge in [0.05, 0.1) is 17.9 Å². The van der Waals surface area contributed by atoms with Crippen LogP contribution in [0.4, 0.5) is 0 Å². The number of rotatable bonds is 6. The highest BCUT2D eigenvalue weighted by Gasteiger charge is 2.13. The number of ether oxygens (including phenoxy) is 2. The van der Waals surface area contributed by atoms with Gasteiger partial charge in [-0.15, -0.1) is 0 Å². The van der Waals surface area contributed by atoms with Crippen molar-refractivity contribution in [3.63, 3.8) is 0 Å². The zero-order valence-corrected chi connectivity index (χ0v) is 14.5. The first kappa shape index (κ1) is 17.9.